The molecule has 2 aliphatic rings. The first-order valence-corrected chi connectivity index (χ1v) is 14.7. The smallest absolute Gasteiger partial charge is 0.271 e. The first kappa shape index (κ1) is 28.3. The number of hydrogen-bond donors (Lipinski definition) is 1. The van der Waals surface area contributed by atoms with Crippen molar-refractivity contribution in [2.45, 2.75) is 91.3 Å². The van der Waals surface area contributed by atoms with Gasteiger partial charge in [0.2, 0.25) is 5.91 Å². The lowest BCUT2D eigenvalue weighted by molar-refractivity contribution is -0.133. The monoisotopic (exact) mass is 529 g/mol. The van der Waals surface area contributed by atoms with Gasteiger partial charge in [-0.3, -0.25) is 9.59 Å². The average Bonchev–Trinajstić information content (AvgIpc) is 3.50. The molecule has 5 rings (SSSR count). The van der Waals surface area contributed by atoms with E-state index in [4.69, 9.17) is 11.6 Å². The van der Waals surface area contributed by atoms with Crippen molar-refractivity contribution in [2.24, 2.45) is 0 Å². The fourth-order valence-electron chi connectivity index (χ4n) is 5.10. The standard InChI is InChI=1S/C25H28ClN3O2S.2C2H6/c1-25(24(31)27-19-5-3-2-4-6-19)16-28-20-12-14-32-22(20)15-21(28)23(30)29(25)13-11-17-7-9-18(26)10-8-17;2*1-2/h7-10,12,14-15,19H,2-6,11,13,16H2,1H3,(H,27,31);2*1-2H3. The summed E-state index contributed by atoms with van der Waals surface area (Å²) in [4.78, 5) is 29.1. The molecular formula is C29H40ClN3O2S. The van der Waals surface area contributed by atoms with E-state index in [1.807, 2.05) is 81.0 Å². The zero-order valence-corrected chi connectivity index (χ0v) is 23.8. The summed E-state index contributed by atoms with van der Waals surface area (Å²) in [5.41, 5.74) is 1.86. The molecule has 0 saturated heterocycles. The SMILES string of the molecule is CC.CC.CC1(C(=O)NC2CCCCC2)Cn2c(cc3sccc32)C(=O)N1CCc1ccc(Cl)cc1. The second kappa shape index (κ2) is 12.8. The minimum Gasteiger partial charge on any atom is -0.351 e. The summed E-state index contributed by atoms with van der Waals surface area (Å²) in [6.45, 7) is 10.9. The molecule has 36 heavy (non-hydrogen) atoms. The molecule has 1 aliphatic carbocycles. The van der Waals surface area contributed by atoms with Gasteiger partial charge in [-0.2, -0.15) is 0 Å². The number of carbonyl (C=O) groups excluding carboxylic acids is 2. The van der Waals surface area contributed by atoms with Gasteiger partial charge in [-0.15, -0.1) is 11.3 Å². The van der Waals surface area contributed by atoms with Crippen molar-refractivity contribution < 1.29 is 9.59 Å². The van der Waals surface area contributed by atoms with Crippen LogP contribution in [0.3, 0.4) is 0 Å². The van der Waals surface area contributed by atoms with Gasteiger partial charge in [0.15, 0.2) is 0 Å². The van der Waals surface area contributed by atoms with Crippen molar-refractivity contribution in [3.63, 3.8) is 0 Å². The highest BCUT2D eigenvalue weighted by Gasteiger charge is 2.48. The molecule has 0 radical (unpaired) electrons. The van der Waals surface area contributed by atoms with E-state index in [0.717, 1.165) is 41.5 Å². The Hall–Kier alpha value is -2.31. The number of fused-ring (bicyclic) bond motifs is 3. The van der Waals surface area contributed by atoms with Gasteiger partial charge in [-0.1, -0.05) is 70.7 Å². The number of hydrogen-bond acceptors (Lipinski definition) is 3. The third kappa shape index (κ3) is 5.81. The normalized spacial score (nSPS) is 19.6. The molecule has 7 heteroatoms. The Balaban J connectivity index is 0.000000861. The van der Waals surface area contributed by atoms with Gasteiger partial charge < -0.3 is 14.8 Å². The lowest BCUT2D eigenvalue weighted by Gasteiger charge is -2.45. The fourth-order valence-corrected chi connectivity index (χ4v) is 6.05. The summed E-state index contributed by atoms with van der Waals surface area (Å²) in [6.07, 6.45) is 6.24. The van der Waals surface area contributed by atoms with Crippen LogP contribution in [0.4, 0.5) is 0 Å². The molecule has 3 heterocycles. The molecule has 1 unspecified atom stereocenters. The van der Waals surface area contributed by atoms with Gasteiger partial charge in [0.05, 0.1) is 16.8 Å². The van der Waals surface area contributed by atoms with Crippen LogP contribution in [0.25, 0.3) is 10.2 Å². The van der Waals surface area contributed by atoms with Gasteiger partial charge in [-0.05, 0) is 61.4 Å². The van der Waals surface area contributed by atoms with E-state index in [9.17, 15) is 9.59 Å². The molecule has 1 saturated carbocycles. The summed E-state index contributed by atoms with van der Waals surface area (Å²) in [6, 6.07) is 11.9. The van der Waals surface area contributed by atoms with Crippen LogP contribution in [-0.2, 0) is 17.8 Å². The minimum absolute atomic E-state index is 0.0448. The molecule has 1 aromatic carbocycles. The number of carbonyl (C=O) groups is 2. The Morgan fingerprint density at radius 3 is 2.42 bits per heavy atom. The highest BCUT2D eigenvalue weighted by Crippen LogP contribution is 2.35. The third-order valence-corrected chi connectivity index (χ3v) is 8.12. The Bertz CT molecular complexity index is 1150. The first-order valence-electron chi connectivity index (χ1n) is 13.4. The highest BCUT2D eigenvalue weighted by atomic mass is 35.5. The van der Waals surface area contributed by atoms with Crippen LogP contribution < -0.4 is 5.32 Å². The molecule has 3 aromatic rings. The zero-order chi connectivity index (χ0) is 26.3. The van der Waals surface area contributed by atoms with Crippen molar-refractivity contribution in [3.05, 3.63) is 58.1 Å². The van der Waals surface area contributed by atoms with E-state index in [0.29, 0.717) is 30.2 Å². The molecular weight excluding hydrogens is 490 g/mol. The molecule has 1 aliphatic heterocycles. The van der Waals surface area contributed by atoms with E-state index in [2.05, 4.69) is 5.32 Å². The van der Waals surface area contributed by atoms with Crippen molar-refractivity contribution in [1.82, 2.24) is 14.8 Å². The van der Waals surface area contributed by atoms with Crippen LogP contribution in [0.2, 0.25) is 5.02 Å². The van der Waals surface area contributed by atoms with Gasteiger partial charge >= 0.3 is 0 Å². The average molecular weight is 530 g/mol. The van der Waals surface area contributed by atoms with Crippen molar-refractivity contribution in [2.75, 3.05) is 6.54 Å². The maximum Gasteiger partial charge on any atom is 0.271 e. The predicted molar refractivity (Wildman–Crippen MR) is 152 cm³/mol. The van der Waals surface area contributed by atoms with Crippen LogP contribution in [0, 0.1) is 0 Å². The zero-order valence-electron chi connectivity index (χ0n) is 22.3. The summed E-state index contributed by atoms with van der Waals surface area (Å²) < 4.78 is 3.12. The summed E-state index contributed by atoms with van der Waals surface area (Å²) >= 11 is 7.66. The van der Waals surface area contributed by atoms with E-state index < -0.39 is 5.54 Å². The second-order valence-corrected chi connectivity index (χ2v) is 10.6. The topological polar surface area (TPSA) is 54.3 Å². The number of nitrogens with one attached hydrogen (secondary N) is 1. The first-order chi connectivity index (χ1) is 17.5. The Morgan fingerprint density at radius 2 is 1.75 bits per heavy atom. The molecule has 0 spiro atoms. The van der Waals surface area contributed by atoms with Crippen LogP contribution in [0.1, 0.15) is 82.8 Å². The van der Waals surface area contributed by atoms with Gasteiger partial charge in [-0.25, -0.2) is 0 Å². The van der Waals surface area contributed by atoms with Crippen LogP contribution in [0.15, 0.2) is 41.8 Å². The van der Waals surface area contributed by atoms with Crippen molar-refractivity contribution in [1.29, 1.82) is 0 Å². The molecule has 5 nitrogen and oxygen atoms in total. The quantitative estimate of drug-likeness (QED) is 0.376. The molecule has 1 atom stereocenters. The van der Waals surface area contributed by atoms with E-state index in [1.54, 1.807) is 16.2 Å². The Morgan fingerprint density at radius 1 is 1.08 bits per heavy atom. The number of aromatic nitrogens is 1. The van der Waals surface area contributed by atoms with E-state index in [1.165, 1.54) is 6.42 Å². The fraction of sp³-hybridized carbons (Fsp3) is 0.517. The molecule has 1 N–H and O–H groups in total. The number of amides is 2. The number of rotatable bonds is 5. The molecule has 2 amide bonds. The molecule has 196 valence electrons. The number of thiophene rings is 1. The maximum atomic E-state index is 13.7. The lowest BCUT2D eigenvalue weighted by atomic mass is 9.91. The van der Waals surface area contributed by atoms with Gasteiger partial charge in [0.25, 0.3) is 5.91 Å². The van der Waals surface area contributed by atoms with Gasteiger partial charge in [0.1, 0.15) is 11.2 Å². The number of benzene rings is 1. The molecule has 0 bridgehead atoms. The largest absolute Gasteiger partial charge is 0.351 e. The summed E-state index contributed by atoms with van der Waals surface area (Å²) in [5.74, 6) is -0.119. The Kier molecular flexibility index (Phi) is 10.0. The van der Waals surface area contributed by atoms with E-state index in [-0.39, 0.29) is 17.9 Å². The van der Waals surface area contributed by atoms with Gasteiger partial charge in [0, 0.05) is 17.6 Å². The molecule has 1 fully saturated rings. The second-order valence-electron chi connectivity index (χ2n) is 9.20. The predicted octanol–water partition coefficient (Wildman–Crippen LogP) is 7.31. The summed E-state index contributed by atoms with van der Waals surface area (Å²) in [7, 11) is 0. The summed E-state index contributed by atoms with van der Waals surface area (Å²) in [5, 5.41) is 6.02. The van der Waals surface area contributed by atoms with E-state index >= 15 is 0 Å². The minimum atomic E-state index is -0.943. The van der Waals surface area contributed by atoms with Crippen molar-refractivity contribution >= 4 is 45.0 Å². The highest BCUT2D eigenvalue weighted by molar-refractivity contribution is 7.17. The maximum absolute atomic E-state index is 13.7. The van der Waals surface area contributed by atoms with Crippen LogP contribution in [0.5, 0.6) is 0 Å². The lowest BCUT2D eigenvalue weighted by Crippen LogP contribution is -2.65. The molecule has 2 aromatic heterocycles. The number of halogens is 1. The van der Waals surface area contributed by atoms with Crippen LogP contribution in [-0.4, -0.2) is 39.4 Å². The van der Waals surface area contributed by atoms with Crippen molar-refractivity contribution in [3.8, 4) is 0 Å². The Labute approximate surface area is 224 Å². The third-order valence-electron chi connectivity index (χ3n) is 7.02. The van der Waals surface area contributed by atoms with Crippen LogP contribution >= 0.6 is 22.9 Å². The number of nitrogens with zero attached hydrogens (tertiary/aromatic N) is 2.